The fourth-order valence-corrected chi connectivity index (χ4v) is 3.47. The fourth-order valence-electron chi connectivity index (χ4n) is 3.47. The number of piperazine rings is 1. The van der Waals surface area contributed by atoms with Crippen LogP contribution < -0.4 is 10.2 Å². The molecule has 6 nitrogen and oxygen atoms in total. The van der Waals surface area contributed by atoms with Crippen molar-refractivity contribution in [3.05, 3.63) is 83.8 Å². The van der Waals surface area contributed by atoms with Crippen LogP contribution in [0.3, 0.4) is 0 Å². The summed E-state index contributed by atoms with van der Waals surface area (Å²) in [6.07, 6.45) is 1.52. The Balaban J connectivity index is 1.34. The highest BCUT2D eigenvalue weighted by atomic mass is 16.3. The van der Waals surface area contributed by atoms with Crippen LogP contribution in [0, 0.1) is 6.92 Å². The number of furan rings is 1. The lowest BCUT2D eigenvalue weighted by molar-refractivity contribution is 0.0714. The molecule has 0 aliphatic carbocycles. The van der Waals surface area contributed by atoms with Crippen LogP contribution in [0.25, 0.3) is 0 Å². The van der Waals surface area contributed by atoms with Crippen LogP contribution in [-0.4, -0.2) is 42.9 Å². The quantitative estimate of drug-likeness (QED) is 0.737. The number of carbonyl (C=O) groups excluding carboxylic acids is 2. The molecule has 6 heteroatoms. The van der Waals surface area contributed by atoms with Crippen molar-refractivity contribution in [1.29, 1.82) is 0 Å². The maximum atomic E-state index is 12.4. The summed E-state index contributed by atoms with van der Waals surface area (Å²) in [6, 6.07) is 18.7. The topological polar surface area (TPSA) is 65.8 Å². The lowest BCUT2D eigenvalue weighted by atomic mass is 10.1. The SMILES string of the molecule is Cc1cccc(C(=O)Nc2ccc(N3CCN(C(=O)c4ccco4)CC3)cc2)c1. The summed E-state index contributed by atoms with van der Waals surface area (Å²) in [6.45, 7) is 4.76. The second kappa shape index (κ2) is 8.22. The maximum Gasteiger partial charge on any atom is 0.289 e. The Bertz CT molecular complexity index is 988. The lowest BCUT2D eigenvalue weighted by Crippen LogP contribution is -2.48. The van der Waals surface area contributed by atoms with Gasteiger partial charge in [0.15, 0.2) is 5.76 Å². The maximum absolute atomic E-state index is 12.4. The van der Waals surface area contributed by atoms with Crippen LogP contribution in [0.4, 0.5) is 11.4 Å². The number of benzene rings is 2. The highest BCUT2D eigenvalue weighted by Gasteiger charge is 2.23. The molecular weight excluding hydrogens is 366 g/mol. The van der Waals surface area contributed by atoms with Crippen molar-refractivity contribution in [3.8, 4) is 0 Å². The average Bonchev–Trinajstić information content (AvgIpc) is 3.29. The molecule has 2 heterocycles. The van der Waals surface area contributed by atoms with Gasteiger partial charge in [-0.05, 0) is 55.5 Å². The lowest BCUT2D eigenvalue weighted by Gasteiger charge is -2.35. The predicted octanol–water partition coefficient (Wildman–Crippen LogP) is 3.80. The van der Waals surface area contributed by atoms with Gasteiger partial charge in [-0.3, -0.25) is 9.59 Å². The monoisotopic (exact) mass is 389 g/mol. The van der Waals surface area contributed by atoms with E-state index in [0.29, 0.717) is 24.4 Å². The summed E-state index contributed by atoms with van der Waals surface area (Å²) in [5.41, 5.74) is 3.53. The van der Waals surface area contributed by atoms with Crippen LogP contribution in [0.1, 0.15) is 26.5 Å². The number of amides is 2. The first-order valence-electron chi connectivity index (χ1n) is 9.66. The Morgan fingerprint density at radius 1 is 0.931 bits per heavy atom. The third-order valence-electron chi connectivity index (χ3n) is 5.07. The van der Waals surface area contributed by atoms with E-state index in [2.05, 4.69) is 10.2 Å². The van der Waals surface area contributed by atoms with Crippen molar-refractivity contribution in [2.45, 2.75) is 6.92 Å². The Morgan fingerprint density at radius 2 is 1.69 bits per heavy atom. The summed E-state index contributed by atoms with van der Waals surface area (Å²) in [5, 5.41) is 2.93. The highest BCUT2D eigenvalue weighted by Crippen LogP contribution is 2.21. The molecule has 1 aliphatic heterocycles. The zero-order chi connectivity index (χ0) is 20.2. The van der Waals surface area contributed by atoms with Crippen molar-refractivity contribution in [2.24, 2.45) is 0 Å². The Hall–Kier alpha value is -3.54. The second-order valence-corrected chi connectivity index (χ2v) is 7.13. The first-order chi connectivity index (χ1) is 14.1. The molecule has 1 saturated heterocycles. The van der Waals surface area contributed by atoms with Gasteiger partial charge in [-0.15, -0.1) is 0 Å². The molecule has 2 amide bonds. The second-order valence-electron chi connectivity index (χ2n) is 7.13. The molecule has 0 radical (unpaired) electrons. The van der Waals surface area contributed by atoms with Crippen molar-refractivity contribution in [2.75, 3.05) is 36.4 Å². The number of carbonyl (C=O) groups is 2. The zero-order valence-electron chi connectivity index (χ0n) is 16.3. The van der Waals surface area contributed by atoms with Crippen LogP contribution in [-0.2, 0) is 0 Å². The molecule has 0 saturated carbocycles. The zero-order valence-corrected chi connectivity index (χ0v) is 16.3. The molecule has 0 spiro atoms. The molecule has 29 heavy (non-hydrogen) atoms. The largest absolute Gasteiger partial charge is 0.459 e. The third kappa shape index (κ3) is 4.32. The van der Waals surface area contributed by atoms with Gasteiger partial charge in [0.2, 0.25) is 0 Å². The number of hydrogen-bond acceptors (Lipinski definition) is 4. The van der Waals surface area contributed by atoms with Gasteiger partial charge in [0.25, 0.3) is 11.8 Å². The Kier molecular flexibility index (Phi) is 5.33. The van der Waals surface area contributed by atoms with Gasteiger partial charge in [-0.25, -0.2) is 0 Å². The van der Waals surface area contributed by atoms with E-state index in [-0.39, 0.29) is 11.8 Å². The van der Waals surface area contributed by atoms with E-state index >= 15 is 0 Å². The van der Waals surface area contributed by atoms with Crippen molar-refractivity contribution >= 4 is 23.2 Å². The van der Waals surface area contributed by atoms with Crippen LogP contribution in [0.15, 0.2) is 71.3 Å². The van der Waals surface area contributed by atoms with E-state index in [9.17, 15) is 9.59 Å². The van der Waals surface area contributed by atoms with Gasteiger partial charge < -0.3 is 19.5 Å². The van der Waals surface area contributed by atoms with Gasteiger partial charge in [0.1, 0.15) is 0 Å². The standard InChI is InChI=1S/C23H23N3O3/c1-17-4-2-5-18(16-17)22(27)24-19-7-9-20(10-8-19)25-11-13-26(14-12-25)23(28)21-6-3-15-29-21/h2-10,15-16H,11-14H2,1H3,(H,24,27). The van der Waals surface area contributed by atoms with Gasteiger partial charge in [-0.2, -0.15) is 0 Å². The third-order valence-corrected chi connectivity index (χ3v) is 5.07. The molecule has 1 N–H and O–H groups in total. The summed E-state index contributed by atoms with van der Waals surface area (Å²) >= 11 is 0. The molecule has 1 fully saturated rings. The number of anilines is 2. The van der Waals surface area contributed by atoms with Crippen LogP contribution in [0.5, 0.6) is 0 Å². The summed E-state index contributed by atoms with van der Waals surface area (Å²) in [5.74, 6) is 0.197. The highest BCUT2D eigenvalue weighted by molar-refractivity contribution is 6.04. The number of hydrogen-bond donors (Lipinski definition) is 1. The van der Waals surface area contributed by atoms with E-state index in [4.69, 9.17) is 4.42 Å². The van der Waals surface area contributed by atoms with Gasteiger partial charge in [0, 0.05) is 43.1 Å². The molecule has 1 aromatic heterocycles. The molecule has 2 aromatic carbocycles. The van der Waals surface area contributed by atoms with Gasteiger partial charge in [0.05, 0.1) is 6.26 Å². The number of aryl methyl sites for hydroxylation is 1. The molecular formula is C23H23N3O3. The van der Waals surface area contributed by atoms with Crippen molar-refractivity contribution in [3.63, 3.8) is 0 Å². The fraction of sp³-hybridized carbons (Fsp3) is 0.217. The van der Waals surface area contributed by atoms with Crippen LogP contribution >= 0.6 is 0 Å². The van der Waals surface area contributed by atoms with E-state index < -0.39 is 0 Å². The van der Waals surface area contributed by atoms with Crippen molar-refractivity contribution < 1.29 is 14.0 Å². The smallest absolute Gasteiger partial charge is 0.289 e. The van der Waals surface area contributed by atoms with Crippen molar-refractivity contribution in [1.82, 2.24) is 4.90 Å². The van der Waals surface area contributed by atoms with E-state index in [1.165, 1.54) is 6.26 Å². The molecule has 3 aromatic rings. The summed E-state index contributed by atoms with van der Waals surface area (Å²) in [7, 11) is 0. The summed E-state index contributed by atoms with van der Waals surface area (Å²) < 4.78 is 5.20. The van der Waals surface area contributed by atoms with Gasteiger partial charge in [-0.1, -0.05) is 17.7 Å². The minimum absolute atomic E-state index is 0.0659. The Labute approximate surface area is 169 Å². The predicted molar refractivity (Wildman–Crippen MR) is 112 cm³/mol. The van der Waals surface area contributed by atoms with Crippen LogP contribution in [0.2, 0.25) is 0 Å². The molecule has 4 rings (SSSR count). The molecule has 0 atom stereocenters. The summed E-state index contributed by atoms with van der Waals surface area (Å²) in [4.78, 5) is 28.8. The Morgan fingerprint density at radius 3 is 2.34 bits per heavy atom. The van der Waals surface area contributed by atoms with E-state index in [0.717, 1.165) is 30.0 Å². The molecule has 0 unspecified atom stereocenters. The number of nitrogens with zero attached hydrogens (tertiary/aromatic N) is 2. The normalized spacial score (nSPS) is 14.0. The first-order valence-corrected chi connectivity index (χ1v) is 9.66. The molecule has 1 aliphatic rings. The first kappa shape index (κ1) is 18.8. The van der Waals surface area contributed by atoms with E-state index in [1.54, 1.807) is 18.2 Å². The number of nitrogens with one attached hydrogen (secondary N) is 1. The van der Waals surface area contributed by atoms with E-state index in [1.807, 2.05) is 54.3 Å². The minimum atomic E-state index is -0.119. The minimum Gasteiger partial charge on any atom is -0.459 e. The molecule has 148 valence electrons. The number of rotatable bonds is 4. The average molecular weight is 389 g/mol. The molecule has 0 bridgehead atoms. The van der Waals surface area contributed by atoms with Gasteiger partial charge >= 0.3 is 0 Å².